The zero-order valence-electron chi connectivity index (χ0n) is 11.9. The predicted octanol–water partition coefficient (Wildman–Crippen LogP) is 2.77. The van der Waals surface area contributed by atoms with Gasteiger partial charge in [-0.05, 0) is 29.9 Å². The molecular weight excluding hydrogens is 278 g/mol. The summed E-state index contributed by atoms with van der Waals surface area (Å²) in [6.07, 6.45) is 7.03. The molecule has 0 bridgehead atoms. The Labute approximate surface area is 127 Å². The molecule has 6 heteroatoms. The summed E-state index contributed by atoms with van der Waals surface area (Å²) in [5.41, 5.74) is 8.92. The third-order valence-corrected chi connectivity index (χ3v) is 4.27. The number of anilines is 1. The highest BCUT2D eigenvalue weighted by molar-refractivity contribution is 5.62. The van der Waals surface area contributed by atoms with Crippen LogP contribution < -0.4 is 5.73 Å². The zero-order valence-corrected chi connectivity index (χ0v) is 11.9. The minimum Gasteiger partial charge on any atom is -0.368 e. The van der Waals surface area contributed by atoms with E-state index in [0.717, 1.165) is 29.8 Å². The van der Waals surface area contributed by atoms with Crippen LogP contribution in [0.25, 0.3) is 11.1 Å². The fourth-order valence-electron chi connectivity index (χ4n) is 2.89. The highest BCUT2D eigenvalue weighted by atomic mass is 16.5. The van der Waals surface area contributed by atoms with Crippen LogP contribution in [0.3, 0.4) is 0 Å². The van der Waals surface area contributed by atoms with Crippen molar-refractivity contribution in [2.75, 3.05) is 5.73 Å². The molecule has 3 aromatic rings. The lowest BCUT2D eigenvalue weighted by molar-refractivity contribution is 0.321. The van der Waals surface area contributed by atoms with Crippen LogP contribution in [-0.4, -0.2) is 20.1 Å². The van der Waals surface area contributed by atoms with Gasteiger partial charge in [-0.1, -0.05) is 29.4 Å². The van der Waals surface area contributed by atoms with Gasteiger partial charge < -0.3 is 10.3 Å². The summed E-state index contributed by atoms with van der Waals surface area (Å²) in [5.74, 6) is 2.11. The third kappa shape index (κ3) is 2.32. The molecule has 1 aliphatic carbocycles. The Hall–Kier alpha value is -2.76. The van der Waals surface area contributed by atoms with E-state index in [9.17, 15) is 0 Å². The summed E-state index contributed by atoms with van der Waals surface area (Å²) in [4.78, 5) is 12.2. The summed E-state index contributed by atoms with van der Waals surface area (Å²) in [6, 6.07) is 8.55. The number of nitrogen functional groups attached to an aromatic ring is 1. The van der Waals surface area contributed by atoms with Crippen LogP contribution in [0, 0.1) is 0 Å². The molecule has 22 heavy (non-hydrogen) atoms. The molecule has 1 saturated carbocycles. The molecule has 0 aliphatic heterocycles. The predicted molar refractivity (Wildman–Crippen MR) is 80.9 cm³/mol. The second kappa shape index (κ2) is 5.22. The average Bonchev–Trinajstić information content (AvgIpc) is 3.01. The molecule has 0 amide bonds. The SMILES string of the molecule is Nc1ncc(-c2ccc(C3CC(c4ncon4)C3)cc2)cn1. The molecule has 6 nitrogen and oxygen atoms in total. The average molecular weight is 293 g/mol. The van der Waals surface area contributed by atoms with Crippen molar-refractivity contribution in [3.8, 4) is 11.1 Å². The standard InChI is InChI=1S/C16H15N5O/c17-16-18-7-14(8-19-16)11-3-1-10(2-4-11)12-5-13(6-12)15-20-9-22-21-15/h1-4,7-9,12-13H,5-6H2,(H2,17,18,19). The normalized spacial score (nSPS) is 20.5. The molecule has 0 saturated heterocycles. The maximum Gasteiger partial charge on any atom is 0.219 e. The highest BCUT2D eigenvalue weighted by Gasteiger charge is 2.33. The van der Waals surface area contributed by atoms with Gasteiger partial charge in [-0.3, -0.25) is 0 Å². The van der Waals surface area contributed by atoms with Crippen LogP contribution in [-0.2, 0) is 0 Å². The molecule has 0 atom stereocenters. The topological polar surface area (TPSA) is 90.7 Å². The van der Waals surface area contributed by atoms with Gasteiger partial charge >= 0.3 is 0 Å². The van der Waals surface area contributed by atoms with Crippen LogP contribution >= 0.6 is 0 Å². The Morgan fingerprint density at radius 1 is 0.909 bits per heavy atom. The molecule has 2 N–H and O–H groups in total. The lowest BCUT2D eigenvalue weighted by atomic mass is 9.71. The van der Waals surface area contributed by atoms with Crippen LogP contribution in [0.15, 0.2) is 47.6 Å². The summed E-state index contributed by atoms with van der Waals surface area (Å²) >= 11 is 0. The van der Waals surface area contributed by atoms with Crippen molar-refractivity contribution in [2.45, 2.75) is 24.7 Å². The molecule has 110 valence electrons. The van der Waals surface area contributed by atoms with Gasteiger partial charge in [0.15, 0.2) is 5.82 Å². The minimum absolute atomic E-state index is 0.294. The van der Waals surface area contributed by atoms with E-state index < -0.39 is 0 Å². The van der Waals surface area contributed by atoms with Crippen LogP contribution in [0.1, 0.15) is 36.1 Å². The summed E-state index contributed by atoms with van der Waals surface area (Å²) < 4.78 is 4.80. The zero-order chi connectivity index (χ0) is 14.9. The van der Waals surface area contributed by atoms with Crippen molar-refractivity contribution >= 4 is 5.95 Å². The second-order valence-electron chi connectivity index (χ2n) is 5.61. The fraction of sp³-hybridized carbons (Fsp3) is 0.250. The molecule has 1 aromatic carbocycles. The van der Waals surface area contributed by atoms with Crippen LogP contribution in [0.5, 0.6) is 0 Å². The maximum absolute atomic E-state index is 5.51. The van der Waals surface area contributed by atoms with E-state index >= 15 is 0 Å². The number of benzene rings is 1. The van der Waals surface area contributed by atoms with Crippen molar-refractivity contribution < 1.29 is 4.52 Å². The fourth-order valence-corrected chi connectivity index (χ4v) is 2.89. The maximum atomic E-state index is 5.51. The molecule has 0 unspecified atom stereocenters. The summed E-state index contributed by atoms with van der Waals surface area (Å²) in [6.45, 7) is 0. The first kappa shape index (κ1) is 12.9. The second-order valence-corrected chi connectivity index (χ2v) is 5.61. The molecule has 4 rings (SSSR count). The van der Waals surface area contributed by atoms with Crippen molar-refractivity contribution in [3.63, 3.8) is 0 Å². The van der Waals surface area contributed by atoms with Gasteiger partial charge in [0.25, 0.3) is 0 Å². The van der Waals surface area contributed by atoms with Gasteiger partial charge in [0, 0.05) is 23.9 Å². The van der Waals surface area contributed by atoms with Gasteiger partial charge in [0.05, 0.1) is 0 Å². The van der Waals surface area contributed by atoms with E-state index in [4.69, 9.17) is 10.3 Å². The third-order valence-electron chi connectivity index (χ3n) is 4.27. The Morgan fingerprint density at radius 2 is 1.64 bits per heavy atom. The van der Waals surface area contributed by atoms with Gasteiger partial charge in [-0.25, -0.2) is 9.97 Å². The van der Waals surface area contributed by atoms with Crippen LogP contribution in [0.2, 0.25) is 0 Å². The van der Waals surface area contributed by atoms with E-state index in [2.05, 4.69) is 44.4 Å². The number of rotatable bonds is 3. The summed E-state index contributed by atoms with van der Waals surface area (Å²) in [7, 11) is 0. The smallest absolute Gasteiger partial charge is 0.219 e. The monoisotopic (exact) mass is 293 g/mol. The van der Waals surface area contributed by atoms with Crippen molar-refractivity contribution in [1.29, 1.82) is 0 Å². The van der Waals surface area contributed by atoms with Gasteiger partial charge in [-0.2, -0.15) is 4.98 Å². The van der Waals surface area contributed by atoms with E-state index in [0.29, 0.717) is 17.8 Å². The van der Waals surface area contributed by atoms with E-state index in [1.807, 2.05) is 0 Å². The molecule has 2 heterocycles. The Morgan fingerprint density at radius 3 is 2.27 bits per heavy atom. The largest absolute Gasteiger partial charge is 0.368 e. The number of nitrogens with two attached hydrogens (primary N) is 1. The lowest BCUT2D eigenvalue weighted by Gasteiger charge is -2.33. The Bertz CT molecular complexity index is 746. The first-order chi connectivity index (χ1) is 10.8. The van der Waals surface area contributed by atoms with E-state index in [1.165, 1.54) is 12.0 Å². The van der Waals surface area contributed by atoms with Gasteiger partial charge in [0.2, 0.25) is 12.3 Å². The molecule has 1 fully saturated rings. The van der Waals surface area contributed by atoms with E-state index in [1.54, 1.807) is 12.4 Å². The Kier molecular flexibility index (Phi) is 3.07. The first-order valence-corrected chi connectivity index (χ1v) is 7.24. The molecule has 0 radical (unpaired) electrons. The van der Waals surface area contributed by atoms with Crippen molar-refractivity contribution in [3.05, 3.63) is 54.4 Å². The van der Waals surface area contributed by atoms with Gasteiger partial charge in [0.1, 0.15) is 0 Å². The number of hydrogen-bond acceptors (Lipinski definition) is 6. The first-order valence-electron chi connectivity index (χ1n) is 7.24. The number of aromatic nitrogens is 4. The highest BCUT2D eigenvalue weighted by Crippen LogP contribution is 2.46. The quantitative estimate of drug-likeness (QED) is 0.798. The molecule has 0 spiro atoms. The number of hydrogen-bond donors (Lipinski definition) is 1. The Balaban J connectivity index is 1.46. The molecule has 1 aliphatic rings. The summed E-state index contributed by atoms with van der Waals surface area (Å²) in [5, 5.41) is 3.92. The lowest BCUT2D eigenvalue weighted by Crippen LogP contribution is -2.21. The van der Waals surface area contributed by atoms with E-state index in [-0.39, 0.29) is 0 Å². The van der Waals surface area contributed by atoms with Crippen LogP contribution in [0.4, 0.5) is 5.95 Å². The molecular formula is C16H15N5O. The minimum atomic E-state index is 0.294. The van der Waals surface area contributed by atoms with Crippen molar-refractivity contribution in [1.82, 2.24) is 20.1 Å². The van der Waals surface area contributed by atoms with Crippen molar-refractivity contribution in [2.24, 2.45) is 0 Å². The molecule has 2 aromatic heterocycles. The van der Waals surface area contributed by atoms with Gasteiger partial charge in [-0.15, -0.1) is 0 Å². The number of nitrogens with zero attached hydrogens (tertiary/aromatic N) is 4.